The summed E-state index contributed by atoms with van der Waals surface area (Å²) in [6.45, 7) is 14.5. The van der Waals surface area contributed by atoms with Gasteiger partial charge in [0.25, 0.3) is 0 Å². The van der Waals surface area contributed by atoms with Crippen molar-refractivity contribution in [2.24, 2.45) is 0 Å². The minimum atomic E-state index is -3.52. The van der Waals surface area contributed by atoms with Gasteiger partial charge in [-0.2, -0.15) is 4.31 Å². The van der Waals surface area contributed by atoms with E-state index in [4.69, 9.17) is 4.74 Å². The maximum atomic E-state index is 13.7. The van der Waals surface area contributed by atoms with Crippen LogP contribution in [0.5, 0.6) is 0 Å². The van der Waals surface area contributed by atoms with Crippen LogP contribution in [-0.2, 0) is 21.4 Å². The highest BCUT2D eigenvalue weighted by Crippen LogP contribution is 2.36. The highest BCUT2D eigenvalue weighted by Gasteiger charge is 2.35. The minimum Gasteiger partial charge on any atom is -0.356 e. The molecule has 2 aromatic carbocycles. The first-order valence-electron chi connectivity index (χ1n) is 11.1. The van der Waals surface area contributed by atoms with E-state index in [0.717, 1.165) is 35.1 Å². The first-order chi connectivity index (χ1) is 14.6. The third kappa shape index (κ3) is 3.69. The zero-order valence-electron chi connectivity index (χ0n) is 19.6. The fourth-order valence-electron chi connectivity index (χ4n) is 5.23. The van der Waals surface area contributed by atoms with Crippen LogP contribution in [0.1, 0.15) is 51.8 Å². The maximum Gasteiger partial charge on any atom is 0.243 e. The van der Waals surface area contributed by atoms with Crippen molar-refractivity contribution in [2.75, 3.05) is 24.7 Å². The van der Waals surface area contributed by atoms with Crippen molar-refractivity contribution in [3.05, 3.63) is 57.1 Å². The third-order valence-corrected chi connectivity index (χ3v) is 9.66. The molecule has 4 rings (SSSR count). The van der Waals surface area contributed by atoms with Crippen LogP contribution in [0.2, 0.25) is 0 Å². The van der Waals surface area contributed by atoms with Crippen molar-refractivity contribution >= 4 is 15.7 Å². The van der Waals surface area contributed by atoms with Gasteiger partial charge in [0.1, 0.15) is 6.73 Å². The molecule has 0 saturated carbocycles. The van der Waals surface area contributed by atoms with Gasteiger partial charge in [-0.05, 0) is 87.8 Å². The fraction of sp³-hybridized carbons (Fsp3) is 0.520. The highest BCUT2D eigenvalue weighted by atomic mass is 32.2. The van der Waals surface area contributed by atoms with E-state index in [0.29, 0.717) is 31.3 Å². The van der Waals surface area contributed by atoms with Gasteiger partial charge in [-0.25, -0.2) is 8.42 Å². The lowest BCUT2D eigenvalue weighted by Gasteiger charge is -2.42. The summed E-state index contributed by atoms with van der Waals surface area (Å²) in [7, 11) is -3.52. The Kier molecular flexibility index (Phi) is 5.92. The van der Waals surface area contributed by atoms with Gasteiger partial charge in [0.15, 0.2) is 0 Å². The molecule has 5 nitrogen and oxygen atoms in total. The Morgan fingerprint density at radius 2 is 1.45 bits per heavy atom. The molecule has 1 saturated heterocycles. The second-order valence-electron chi connectivity index (χ2n) is 9.12. The molecular weight excluding hydrogens is 408 g/mol. The molecule has 0 radical (unpaired) electrons. The van der Waals surface area contributed by atoms with E-state index in [-0.39, 0.29) is 6.04 Å². The standard InChI is InChI=1S/C25H34N2O3S/c1-16-8-7-9-22-14-30-15-27(24(16)22)23-10-12-26(13-11-23)31(28,29)25-20(5)18(3)17(2)19(4)21(25)6/h7-9,23H,10-15H2,1-6H3. The molecule has 0 N–H and O–H groups in total. The van der Waals surface area contributed by atoms with Crippen LogP contribution in [-0.4, -0.2) is 38.6 Å². The molecule has 168 valence electrons. The second kappa shape index (κ2) is 8.23. The summed E-state index contributed by atoms with van der Waals surface area (Å²) in [5, 5.41) is 0. The van der Waals surface area contributed by atoms with Gasteiger partial charge in [-0.15, -0.1) is 0 Å². The van der Waals surface area contributed by atoms with Crippen molar-refractivity contribution in [1.29, 1.82) is 0 Å². The van der Waals surface area contributed by atoms with Crippen LogP contribution >= 0.6 is 0 Å². The Balaban J connectivity index is 1.58. The average Bonchev–Trinajstić information content (AvgIpc) is 2.76. The van der Waals surface area contributed by atoms with E-state index in [1.165, 1.54) is 22.4 Å². The number of para-hydroxylation sites is 1. The van der Waals surface area contributed by atoms with E-state index < -0.39 is 10.0 Å². The Morgan fingerprint density at radius 3 is 2.06 bits per heavy atom. The molecule has 2 aromatic rings. The molecule has 6 heteroatoms. The summed E-state index contributed by atoms with van der Waals surface area (Å²) in [5.41, 5.74) is 8.86. The van der Waals surface area contributed by atoms with E-state index in [1.807, 2.05) is 27.7 Å². The number of sulfonamides is 1. The predicted octanol–water partition coefficient (Wildman–Crippen LogP) is 4.68. The summed E-state index contributed by atoms with van der Waals surface area (Å²) in [6.07, 6.45) is 1.61. The van der Waals surface area contributed by atoms with Gasteiger partial charge >= 0.3 is 0 Å². The molecule has 2 aliphatic heterocycles. The highest BCUT2D eigenvalue weighted by molar-refractivity contribution is 7.89. The predicted molar refractivity (Wildman–Crippen MR) is 125 cm³/mol. The van der Waals surface area contributed by atoms with Crippen LogP contribution in [0.15, 0.2) is 23.1 Å². The van der Waals surface area contributed by atoms with Gasteiger partial charge < -0.3 is 9.64 Å². The van der Waals surface area contributed by atoms with Crippen molar-refractivity contribution in [3.8, 4) is 0 Å². The first-order valence-corrected chi connectivity index (χ1v) is 12.6. The lowest BCUT2D eigenvalue weighted by atomic mass is 9.95. The number of ether oxygens (including phenoxy) is 1. The lowest BCUT2D eigenvalue weighted by molar-refractivity contribution is 0.0986. The summed E-state index contributed by atoms with van der Waals surface area (Å²) < 4.78 is 34.9. The second-order valence-corrected chi connectivity index (χ2v) is 11.0. The van der Waals surface area contributed by atoms with Gasteiger partial charge in [0.05, 0.1) is 11.5 Å². The number of aryl methyl sites for hydroxylation is 1. The quantitative estimate of drug-likeness (QED) is 0.692. The monoisotopic (exact) mass is 442 g/mol. The summed E-state index contributed by atoms with van der Waals surface area (Å²) in [6, 6.07) is 6.63. The summed E-state index contributed by atoms with van der Waals surface area (Å²) in [5.74, 6) is 0. The zero-order chi connectivity index (χ0) is 22.5. The van der Waals surface area contributed by atoms with Gasteiger partial charge in [0.2, 0.25) is 10.0 Å². The number of rotatable bonds is 3. The molecular formula is C25H34N2O3S. The molecule has 2 heterocycles. The minimum absolute atomic E-state index is 0.287. The molecule has 0 unspecified atom stereocenters. The number of anilines is 1. The van der Waals surface area contributed by atoms with E-state index >= 15 is 0 Å². The Hall–Kier alpha value is -1.89. The van der Waals surface area contributed by atoms with Crippen molar-refractivity contribution in [1.82, 2.24) is 4.31 Å². The molecule has 0 aliphatic carbocycles. The molecule has 0 aromatic heterocycles. The lowest BCUT2D eigenvalue weighted by Crippen LogP contribution is -2.49. The van der Waals surface area contributed by atoms with E-state index in [2.05, 4.69) is 36.9 Å². The first kappa shape index (κ1) is 22.3. The largest absolute Gasteiger partial charge is 0.356 e. The van der Waals surface area contributed by atoms with Gasteiger partial charge in [0, 0.05) is 30.4 Å². The van der Waals surface area contributed by atoms with Gasteiger partial charge in [-0.1, -0.05) is 18.2 Å². The Morgan fingerprint density at radius 1 is 0.871 bits per heavy atom. The average molecular weight is 443 g/mol. The molecule has 31 heavy (non-hydrogen) atoms. The number of nitrogens with zero attached hydrogens (tertiary/aromatic N) is 2. The number of fused-ring (bicyclic) bond motifs is 1. The van der Waals surface area contributed by atoms with E-state index in [9.17, 15) is 8.42 Å². The van der Waals surface area contributed by atoms with Crippen LogP contribution in [0.4, 0.5) is 5.69 Å². The fourth-order valence-corrected chi connectivity index (χ4v) is 7.26. The molecule has 0 amide bonds. The smallest absolute Gasteiger partial charge is 0.243 e. The molecule has 0 spiro atoms. The summed E-state index contributed by atoms with van der Waals surface area (Å²) in [4.78, 5) is 2.85. The molecule has 0 bridgehead atoms. The van der Waals surface area contributed by atoms with Gasteiger partial charge in [-0.3, -0.25) is 0 Å². The Bertz CT molecular complexity index is 1090. The number of piperidine rings is 1. The number of benzene rings is 2. The number of hydrogen-bond acceptors (Lipinski definition) is 4. The summed E-state index contributed by atoms with van der Waals surface area (Å²) >= 11 is 0. The number of hydrogen-bond donors (Lipinski definition) is 0. The van der Waals surface area contributed by atoms with Crippen LogP contribution in [0.3, 0.4) is 0 Å². The van der Waals surface area contributed by atoms with Crippen LogP contribution in [0, 0.1) is 41.5 Å². The van der Waals surface area contributed by atoms with Crippen LogP contribution in [0.25, 0.3) is 0 Å². The third-order valence-electron chi connectivity index (χ3n) is 7.49. The normalized spacial score (nSPS) is 18.3. The van der Waals surface area contributed by atoms with E-state index in [1.54, 1.807) is 4.31 Å². The van der Waals surface area contributed by atoms with Crippen molar-refractivity contribution < 1.29 is 13.2 Å². The SMILES string of the molecule is Cc1cccc2c1N(C1CCN(S(=O)(=O)c3c(C)c(C)c(C)c(C)c3C)CC1)COC2. The molecule has 0 atom stereocenters. The van der Waals surface area contributed by atoms with Crippen LogP contribution < -0.4 is 4.90 Å². The zero-order valence-corrected chi connectivity index (χ0v) is 20.4. The van der Waals surface area contributed by atoms with Crippen molar-refractivity contribution in [3.63, 3.8) is 0 Å². The Labute approximate surface area is 187 Å². The maximum absolute atomic E-state index is 13.7. The molecule has 2 aliphatic rings. The van der Waals surface area contributed by atoms with Crippen molar-refractivity contribution in [2.45, 2.75) is 71.9 Å². The molecule has 1 fully saturated rings. The topological polar surface area (TPSA) is 49.9 Å².